The van der Waals surface area contributed by atoms with Crippen molar-refractivity contribution in [3.8, 4) is 0 Å². The second-order valence-electron chi connectivity index (χ2n) is 6.04. The Morgan fingerprint density at radius 2 is 1.56 bits per heavy atom. The van der Waals surface area contributed by atoms with E-state index in [1.165, 1.54) is 12.1 Å². The molecule has 11 heteroatoms. The van der Waals surface area contributed by atoms with E-state index in [0.717, 1.165) is 17.0 Å². The van der Waals surface area contributed by atoms with Crippen LogP contribution in [-0.4, -0.2) is 60.5 Å². The number of rotatable bonds is 4. The normalized spacial score (nSPS) is 16.3. The molecule has 150 valence electrons. The van der Waals surface area contributed by atoms with Crippen molar-refractivity contribution in [3.63, 3.8) is 0 Å². The molecule has 0 aliphatic carbocycles. The van der Waals surface area contributed by atoms with E-state index >= 15 is 0 Å². The van der Waals surface area contributed by atoms with Gasteiger partial charge in [0.05, 0.1) is 17.8 Å². The fourth-order valence-corrected chi connectivity index (χ4v) is 2.67. The standard InChI is InChI=1S/C16H17F6N3O2/c17-15(18,19)9-14(27)25-7-5-24(6-8-25)10-13(26)23-12-4-2-1-3-11(12)16(20,21)22/h1-4H,5-10H2,(H,23,26). The molecule has 2 rings (SSSR count). The Morgan fingerprint density at radius 3 is 2.11 bits per heavy atom. The molecule has 1 heterocycles. The van der Waals surface area contributed by atoms with Crippen LogP contribution in [0.25, 0.3) is 0 Å². The van der Waals surface area contributed by atoms with Crippen molar-refractivity contribution in [2.45, 2.75) is 18.8 Å². The minimum absolute atomic E-state index is 0.0152. The molecule has 0 spiro atoms. The molecule has 0 atom stereocenters. The van der Waals surface area contributed by atoms with Gasteiger partial charge >= 0.3 is 12.4 Å². The van der Waals surface area contributed by atoms with Crippen LogP contribution in [0, 0.1) is 0 Å². The van der Waals surface area contributed by atoms with Gasteiger partial charge in [-0.05, 0) is 12.1 Å². The van der Waals surface area contributed by atoms with Crippen molar-refractivity contribution < 1.29 is 35.9 Å². The molecule has 1 aliphatic heterocycles. The lowest BCUT2D eigenvalue weighted by Gasteiger charge is -2.34. The predicted molar refractivity (Wildman–Crippen MR) is 83.8 cm³/mol. The van der Waals surface area contributed by atoms with Crippen LogP contribution < -0.4 is 5.32 Å². The number of piperazine rings is 1. The first-order valence-corrected chi connectivity index (χ1v) is 7.98. The SMILES string of the molecule is O=C(CN1CCN(C(=O)CC(F)(F)F)CC1)Nc1ccccc1C(F)(F)F. The summed E-state index contributed by atoms with van der Waals surface area (Å²) in [7, 11) is 0. The highest BCUT2D eigenvalue weighted by Gasteiger charge is 2.35. The van der Waals surface area contributed by atoms with Crippen LogP contribution in [0.5, 0.6) is 0 Å². The number of amides is 2. The summed E-state index contributed by atoms with van der Waals surface area (Å²) in [4.78, 5) is 26.1. The third kappa shape index (κ3) is 6.42. The second kappa shape index (κ2) is 8.15. The van der Waals surface area contributed by atoms with Crippen LogP contribution in [0.2, 0.25) is 0 Å². The number of carbonyl (C=O) groups is 2. The highest BCUT2D eigenvalue weighted by Crippen LogP contribution is 2.34. The summed E-state index contributed by atoms with van der Waals surface area (Å²) in [6.07, 6.45) is -10.7. The lowest BCUT2D eigenvalue weighted by molar-refractivity contribution is -0.162. The minimum Gasteiger partial charge on any atom is -0.340 e. The van der Waals surface area contributed by atoms with Gasteiger partial charge in [-0.2, -0.15) is 26.3 Å². The maximum Gasteiger partial charge on any atom is 0.418 e. The van der Waals surface area contributed by atoms with Gasteiger partial charge in [0.2, 0.25) is 11.8 Å². The number of benzene rings is 1. The van der Waals surface area contributed by atoms with E-state index in [1.54, 1.807) is 4.90 Å². The molecule has 0 bridgehead atoms. The van der Waals surface area contributed by atoms with Gasteiger partial charge in [-0.3, -0.25) is 14.5 Å². The van der Waals surface area contributed by atoms with Crippen LogP contribution in [0.15, 0.2) is 24.3 Å². The molecular weight excluding hydrogens is 380 g/mol. The maximum absolute atomic E-state index is 12.9. The van der Waals surface area contributed by atoms with Gasteiger partial charge in [-0.1, -0.05) is 12.1 Å². The zero-order chi connectivity index (χ0) is 20.2. The Bertz CT molecular complexity index is 681. The fourth-order valence-electron chi connectivity index (χ4n) is 2.67. The van der Waals surface area contributed by atoms with Crippen molar-refractivity contribution in [3.05, 3.63) is 29.8 Å². The van der Waals surface area contributed by atoms with Crippen LogP contribution in [0.4, 0.5) is 32.0 Å². The van der Waals surface area contributed by atoms with E-state index in [9.17, 15) is 35.9 Å². The molecule has 2 amide bonds. The predicted octanol–water partition coefficient (Wildman–Crippen LogP) is 2.74. The number of para-hydroxylation sites is 1. The molecule has 0 unspecified atom stereocenters. The van der Waals surface area contributed by atoms with Gasteiger partial charge in [0.1, 0.15) is 6.42 Å². The highest BCUT2D eigenvalue weighted by molar-refractivity contribution is 5.93. The number of alkyl halides is 6. The van der Waals surface area contributed by atoms with E-state index in [-0.39, 0.29) is 38.4 Å². The summed E-state index contributed by atoms with van der Waals surface area (Å²) in [6.45, 7) is 0.103. The maximum atomic E-state index is 12.9. The molecule has 1 aromatic carbocycles. The average molecular weight is 397 g/mol. The molecule has 0 radical (unpaired) electrons. The van der Waals surface area contributed by atoms with Crippen molar-refractivity contribution in [1.82, 2.24) is 9.80 Å². The molecule has 1 saturated heterocycles. The first-order valence-electron chi connectivity index (χ1n) is 7.98. The quantitative estimate of drug-likeness (QED) is 0.795. The van der Waals surface area contributed by atoms with E-state index in [2.05, 4.69) is 5.32 Å². The number of halogens is 6. The summed E-state index contributed by atoms with van der Waals surface area (Å²) in [5.41, 5.74) is -1.34. The lowest BCUT2D eigenvalue weighted by atomic mass is 10.1. The molecule has 0 saturated carbocycles. The third-order valence-corrected chi connectivity index (χ3v) is 3.95. The minimum atomic E-state index is -4.62. The van der Waals surface area contributed by atoms with Gasteiger partial charge in [-0.25, -0.2) is 0 Å². The molecule has 1 fully saturated rings. The fraction of sp³-hybridized carbons (Fsp3) is 0.500. The van der Waals surface area contributed by atoms with Gasteiger partial charge in [-0.15, -0.1) is 0 Å². The first-order chi connectivity index (χ1) is 12.5. The van der Waals surface area contributed by atoms with Crippen LogP contribution in [-0.2, 0) is 15.8 Å². The van der Waals surface area contributed by atoms with Crippen LogP contribution in [0.1, 0.15) is 12.0 Å². The Hall–Kier alpha value is -2.30. The van der Waals surface area contributed by atoms with E-state index < -0.39 is 36.2 Å². The zero-order valence-electron chi connectivity index (χ0n) is 14.0. The number of nitrogens with zero attached hydrogens (tertiary/aromatic N) is 2. The lowest BCUT2D eigenvalue weighted by Crippen LogP contribution is -2.51. The number of carbonyl (C=O) groups excluding carboxylic acids is 2. The summed E-state index contributed by atoms with van der Waals surface area (Å²) in [5.74, 6) is -1.72. The van der Waals surface area contributed by atoms with E-state index in [4.69, 9.17) is 0 Å². The summed E-state index contributed by atoms with van der Waals surface area (Å²) < 4.78 is 75.5. The van der Waals surface area contributed by atoms with Crippen molar-refractivity contribution >= 4 is 17.5 Å². The molecule has 27 heavy (non-hydrogen) atoms. The Balaban J connectivity index is 1.86. The average Bonchev–Trinajstić information content (AvgIpc) is 2.53. The first kappa shape index (κ1) is 21.0. The smallest absolute Gasteiger partial charge is 0.340 e. The van der Waals surface area contributed by atoms with Crippen LogP contribution >= 0.6 is 0 Å². The van der Waals surface area contributed by atoms with Gasteiger partial charge in [0, 0.05) is 26.2 Å². The van der Waals surface area contributed by atoms with E-state index in [1.807, 2.05) is 0 Å². The second-order valence-corrected chi connectivity index (χ2v) is 6.04. The Kier molecular flexibility index (Phi) is 6.34. The Labute approximate surface area is 150 Å². The van der Waals surface area contributed by atoms with Crippen molar-refractivity contribution in [1.29, 1.82) is 0 Å². The summed E-state index contributed by atoms with van der Waals surface area (Å²) in [5, 5.41) is 2.20. The number of hydrogen-bond donors (Lipinski definition) is 1. The third-order valence-electron chi connectivity index (χ3n) is 3.95. The summed E-state index contributed by atoms with van der Waals surface area (Å²) >= 11 is 0. The van der Waals surface area contributed by atoms with Crippen molar-refractivity contribution in [2.24, 2.45) is 0 Å². The number of hydrogen-bond acceptors (Lipinski definition) is 3. The number of nitrogens with one attached hydrogen (secondary N) is 1. The number of anilines is 1. The molecular formula is C16H17F6N3O2. The molecule has 5 nitrogen and oxygen atoms in total. The topological polar surface area (TPSA) is 52.7 Å². The summed E-state index contributed by atoms with van der Waals surface area (Å²) in [6, 6.07) is 4.54. The van der Waals surface area contributed by atoms with Gasteiger partial charge in [0.15, 0.2) is 0 Å². The van der Waals surface area contributed by atoms with Gasteiger partial charge in [0.25, 0.3) is 0 Å². The monoisotopic (exact) mass is 397 g/mol. The molecule has 1 N–H and O–H groups in total. The zero-order valence-corrected chi connectivity index (χ0v) is 14.0. The van der Waals surface area contributed by atoms with Crippen molar-refractivity contribution in [2.75, 3.05) is 38.0 Å². The molecule has 1 aromatic rings. The molecule has 1 aliphatic rings. The largest absolute Gasteiger partial charge is 0.418 e. The van der Waals surface area contributed by atoms with Crippen LogP contribution in [0.3, 0.4) is 0 Å². The Morgan fingerprint density at radius 1 is 0.963 bits per heavy atom. The molecule has 0 aromatic heterocycles. The van der Waals surface area contributed by atoms with Gasteiger partial charge < -0.3 is 10.2 Å². The van der Waals surface area contributed by atoms with E-state index in [0.29, 0.717) is 0 Å². The highest BCUT2D eigenvalue weighted by atomic mass is 19.4.